The lowest BCUT2D eigenvalue weighted by Gasteiger charge is -2.29. The average Bonchev–Trinajstić information content (AvgIpc) is 2.75. The van der Waals surface area contributed by atoms with Crippen molar-refractivity contribution in [1.82, 2.24) is 4.72 Å². The monoisotopic (exact) mass is 627 g/mol. The van der Waals surface area contributed by atoms with E-state index in [0.29, 0.717) is 0 Å². The minimum Gasteiger partial charge on any atom is -0.234 e. The summed E-state index contributed by atoms with van der Waals surface area (Å²) < 4.78 is 193. The molecule has 0 radical (unpaired) electrons. The normalized spacial score (nSPS) is 14.8. The van der Waals surface area contributed by atoms with Crippen molar-refractivity contribution in [2.75, 3.05) is 24.6 Å². The van der Waals surface area contributed by atoms with Gasteiger partial charge in [-0.2, -0.15) is 22.0 Å². The number of nitrogens with one attached hydrogen (secondary N) is 1. The van der Waals surface area contributed by atoms with E-state index in [1.165, 1.54) is 0 Å². The van der Waals surface area contributed by atoms with Gasteiger partial charge in [0.1, 0.15) is 0 Å². The van der Waals surface area contributed by atoms with Crippen molar-refractivity contribution in [2.24, 2.45) is 0 Å². The summed E-state index contributed by atoms with van der Waals surface area (Å²) in [7, 11) is -23.1. The summed E-state index contributed by atoms with van der Waals surface area (Å²) in [6, 6.07) is -7.53. The van der Waals surface area contributed by atoms with E-state index in [4.69, 9.17) is 0 Å². The third-order valence-corrected chi connectivity index (χ3v) is 15.4. The van der Waals surface area contributed by atoms with E-state index in [9.17, 15) is 68.8 Å². The lowest BCUT2D eigenvalue weighted by molar-refractivity contribution is -0.241. The molecule has 0 aliphatic heterocycles. The predicted octanol–water partition coefficient (Wildman–Crippen LogP) is 2.86. The predicted molar refractivity (Wildman–Crippen MR) is 112 cm³/mol. The maximum absolute atomic E-state index is 13.1. The third kappa shape index (κ3) is 7.40. The smallest absolute Gasteiger partial charge is 0.234 e. The highest BCUT2D eigenvalue weighted by molar-refractivity contribution is 8.25. The van der Waals surface area contributed by atoms with Crippen molar-refractivity contribution in [3.63, 3.8) is 0 Å². The van der Waals surface area contributed by atoms with E-state index in [-0.39, 0.29) is 38.5 Å². The van der Waals surface area contributed by atoms with Crippen molar-refractivity contribution in [3.05, 3.63) is 0 Å². The molecule has 36 heavy (non-hydrogen) atoms. The van der Waals surface area contributed by atoms with Crippen LogP contribution in [0.4, 0.5) is 35.1 Å². The molecule has 0 unspecified atom stereocenters. The largest absolute Gasteiger partial charge is 0.470 e. The molecule has 0 heterocycles. The number of sulfone groups is 3. The van der Waals surface area contributed by atoms with E-state index < -0.39 is 91.8 Å². The SMILES string of the molecule is O=S(=O)(CF)C(CCCCCCCCCNS(=O)(=O)C(F)(F)C(F)(F)F)(S(=O)(=O)CF)S(=O)(=O)CF. The van der Waals surface area contributed by atoms with Crippen LogP contribution in [0, 0.1) is 0 Å². The molecule has 0 bridgehead atoms. The second kappa shape index (κ2) is 12.8. The second-order valence-corrected chi connectivity index (χ2v) is 16.5. The molecule has 0 aliphatic carbocycles. The number of sulfonamides is 1. The minimum absolute atomic E-state index is 0.0857. The van der Waals surface area contributed by atoms with E-state index in [0.717, 1.165) is 4.72 Å². The van der Waals surface area contributed by atoms with Gasteiger partial charge in [-0.25, -0.2) is 51.6 Å². The van der Waals surface area contributed by atoms with Crippen molar-refractivity contribution < 1.29 is 68.8 Å². The van der Waals surface area contributed by atoms with Crippen LogP contribution in [0.2, 0.25) is 0 Å². The fourth-order valence-electron chi connectivity index (χ4n) is 3.10. The van der Waals surface area contributed by atoms with Crippen molar-refractivity contribution in [3.8, 4) is 0 Å². The van der Waals surface area contributed by atoms with Gasteiger partial charge in [0.2, 0.25) is 29.5 Å². The Morgan fingerprint density at radius 1 is 0.528 bits per heavy atom. The quantitative estimate of drug-likeness (QED) is 0.180. The highest BCUT2D eigenvalue weighted by Gasteiger charge is 2.67. The van der Waals surface area contributed by atoms with Gasteiger partial charge in [-0.3, -0.25) is 0 Å². The lowest BCUT2D eigenvalue weighted by Crippen LogP contribution is -2.54. The second-order valence-electron chi connectivity index (χ2n) is 7.49. The number of hydrogen-bond donors (Lipinski definition) is 1. The van der Waals surface area contributed by atoms with Gasteiger partial charge in [0.05, 0.1) is 0 Å². The summed E-state index contributed by atoms with van der Waals surface area (Å²) >= 11 is 0. The van der Waals surface area contributed by atoms with Crippen molar-refractivity contribution in [2.45, 2.75) is 66.2 Å². The molecular formula is C15H25F8NO8S4. The molecule has 0 rings (SSSR count). The molecule has 0 fully saturated rings. The van der Waals surface area contributed by atoms with Gasteiger partial charge in [-0.15, -0.1) is 0 Å². The fraction of sp³-hybridized carbons (Fsp3) is 1.00. The summed E-state index contributed by atoms with van der Waals surface area (Å²) in [6.45, 7) is -0.736. The molecule has 218 valence electrons. The van der Waals surface area contributed by atoms with E-state index >= 15 is 0 Å². The first kappa shape index (κ1) is 35.2. The van der Waals surface area contributed by atoms with Gasteiger partial charge < -0.3 is 0 Å². The number of alkyl halides is 8. The van der Waals surface area contributed by atoms with Gasteiger partial charge in [0.25, 0.3) is 13.4 Å². The maximum Gasteiger partial charge on any atom is 0.470 e. The van der Waals surface area contributed by atoms with Crippen LogP contribution in [0.3, 0.4) is 0 Å². The molecule has 0 aliphatic rings. The standard InChI is InChI=1S/C15H25F8NO8S4/c16-10-33(25,26)13(34(27,28)11-17,35(29,30)12-18)8-6-4-2-1-3-5-7-9-24-36(31,32)15(22,23)14(19,20)21/h24H,1-12H2. The van der Waals surface area contributed by atoms with Gasteiger partial charge in [0, 0.05) is 6.54 Å². The fourth-order valence-corrected chi connectivity index (χ4v) is 11.3. The molecule has 0 spiro atoms. The van der Waals surface area contributed by atoms with Crippen LogP contribution in [0.15, 0.2) is 0 Å². The van der Waals surface area contributed by atoms with Crippen LogP contribution in [0.1, 0.15) is 51.4 Å². The molecular weight excluding hydrogens is 602 g/mol. The van der Waals surface area contributed by atoms with Crippen molar-refractivity contribution >= 4 is 39.5 Å². The molecule has 0 aromatic rings. The van der Waals surface area contributed by atoms with Gasteiger partial charge in [0.15, 0.2) is 18.0 Å². The lowest BCUT2D eigenvalue weighted by atomic mass is 10.1. The Morgan fingerprint density at radius 3 is 1.19 bits per heavy atom. The first-order valence-electron chi connectivity index (χ1n) is 9.92. The molecule has 0 saturated carbocycles. The number of rotatable bonds is 18. The molecule has 9 nitrogen and oxygen atoms in total. The third-order valence-electron chi connectivity index (χ3n) is 4.97. The van der Waals surface area contributed by atoms with Crippen LogP contribution in [-0.2, 0) is 39.5 Å². The summed E-state index contributed by atoms with van der Waals surface area (Å²) in [5.41, 5.74) is 0. The van der Waals surface area contributed by atoms with E-state index in [1.807, 2.05) is 0 Å². The maximum atomic E-state index is 13.1. The number of halogens is 8. The number of hydrogen-bond acceptors (Lipinski definition) is 8. The molecule has 1 N–H and O–H groups in total. The highest BCUT2D eigenvalue weighted by atomic mass is 32.3. The van der Waals surface area contributed by atoms with Crippen LogP contribution < -0.4 is 4.72 Å². The number of unbranched alkanes of at least 4 members (excludes halogenated alkanes) is 6. The Bertz CT molecular complexity index is 1050. The van der Waals surface area contributed by atoms with Crippen molar-refractivity contribution in [1.29, 1.82) is 0 Å². The van der Waals surface area contributed by atoms with Crippen LogP contribution in [0.25, 0.3) is 0 Å². The Kier molecular flexibility index (Phi) is 12.5. The van der Waals surface area contributed by atoms with E-state index in [1.54, 1.807) is 0 Å². The highest BCUT2D eigenvalue weighted by Crippen LogP contribution is 2.40. The zero-order valence-corrected chi connectivity index (χ0v) is 21.7. The van der Waals surface area contributed by atoms with Crippen LogP contribution >= 0.6 is 0 Å². The molecule has 0 saturated heterocycles. The summed E-state index contributed by atoms with van der Waals surface area (Å²) in [6.07, 6.45) is -7.63. The Morgan fingerprint density at radius 2 is 0.861 bits per heavy atom. The molecule has 0 atom stereocenters. The Labute approximate surface area is 203 Å². The van der Waals surface area contributed by atoms with E-state index in [2.05, 4.69) is 0 Å². The summed E-state index contributed by atoms with van der Waals surface area (Å²) in [5, 5.41) is -5.99. The Hall–Kier alpha value is -0.800. The zero-order chi connectivity index (χ0) is 28.7. The summed E-state index contributed by atoms with van der Waals surface area (Å²) in [4.78, 5) is 0. The molecule has 0 aromatic heterocycles. The van der Waals surface area contributed by atoms with Crippen LogP contribution in [0.5, 0.6) is 0 Å². The summed E-state index contributed by atoms with van der Waals surface area (Å²) in [5.74, 6) is 0. The van der Waals surface area contributed by atoms with Gasteiger partial charge in [-0.1, -0.05) is 32.1 Å². The zero-order valence-electron chi connectivity index (χ0n) is 18.4. The molecule has 0 amide bonds. The van der Waals surface area contributed by atoms with Crippen LogP contribution in [-0.4, -0.2) is 73.1 Å². The first-order valence-corrected chi connectivity index (χ1v) is 16.4. The molecule has 0 aromatic carbocycles. The first-order chi connectivity index (χ1) is 16.1. The molecule has 21 heteroatoms. The van der Waals surface area contributed by atoms with Gasteiger partial charge in [-0.05, 0) is 19.3 Å². The topological polar surface area (TPSA) is 149 Å². The Balaban J connectivity index is 4.89. The van der Waals surface area contributed by atoms with Gasteiger partial charge >= 0.3 is 11.4 Å². The average molecular weight is 628 g/mol. The minimum atomic E-state index is -6.31.